The predicted molar refractivity (Wildman–Crippen MR) is 200 cm³/mol. The third-order valence-corrected chi connectivity index (χ3v) is 14.0. The molecule has 1 saturated carbocycles. The van der Waals surface area contributed by atoms with Crippen molar-refractivity contribution in [3.05, 3.63) is 40.4 Å². The highest BCUT2D eigenvalue weighted by Gasteiger charge is 2.48. The van der Waals surface area contributed by atoms with Crippen LogP contribution in [0.4, 0.5) is 19.6 Å². The Morgan fingerprint density at radius 2 is 1.85 bits per heavy atom. The van der Waals surface area contributed by atoms with Crippen LogP contribution in [0.2, 0.25) is 5.02 Å². The number of likely N-dealkylation sites (tertiary alicyclic amines) is 1. The molecule has 4 aromatic rings. The summed E-state index contributed by atoms with van der Waals surface area (Å²) in [6.07, 6.45) is 11.4. The largest absolute Gasteiger partial charge is 0.461 e. The average molecular weight is 746 g/mol. The monoisotopic (exact) mass is 745 g/mol. The van der Waals surface area contributed by atoms with Gasteiger partial charge in [-0.3, -0.25) is 9.69 Å². The van der Waals surface area contributed by atoms with Crippen molar-refractivity contribution in [3.63, 3.8) is 0 Å². The normalized spacial score (nSPS) is 21.3. The number of nitriles is 1. The lowest BCUT2D eigenvalue weighted by atomic mass is 9.75. The van der Waals surface area contributed by atoms with Crippen LogP contribution in [0.3, 0.4) is 0 Å². The Morgan fingerprint density at radius 1 is 1.06 bits per heavy atom. The Morgan fingerprint density at radius 3 is 2.58 bits per heavy atom. The SMILES string of the molecule is N#Cc1c(N)sc2c(F)ccc(-c3c(Cl)cc4c(N5CCCCC6(CN(C(=O)CC7CCC7)C6)C5)nc(OCC56CCCN5CCC6)nc4c3F)c12. The molecule has 5 fully saturated rings. The molecule has 0 radical (unpaired) electrons. The Kier molecular flexibility index (Phi) is 8.47. The minimum Gasteiger partial charge on any atom is -0.461 e. The number of carbonyl (C=O) groups is 1. The minimum absolute atomic E-state index is 0.0207. The molecule has 5 aliphatic rings. The van der Waals surface area contributed by atoms with Crippen molar-refractivity contribution in [1.82, 2.24) is 19.8 Å². The summed E-state index contributed by atoms with van der Waals surface area (Å²) in [6, 6.07) is 6.56. The molecule has 4 saturated heterocycles. The molecule has 6 heterocycles. The van der Waals surface area contributed by atoms with Gasteiger partial charge in [-0.15, -0.1) is 11.3 Å². The van der Waals surface area contributed by atoms with Crippen LogP contribution in [0.15, 0.2) is 18.2 Å². The number of nitrogen functional groups attached to an aromatic ring is 1. The summed E-state index contributed by atoms with van der Waals surface area (Å²) < 4.78 is 38.9. The molecular formula is C39H42ClF2N7O2S. The maximum atomic E-state index is 17.3. The van der Waals surface area contributed by atoms with Crippen molar-refractivity contribution < 1.29 is 18.3 Å². The van der Waals surface area contributed by atoms with Gasteiger partial charge in [0.05, 0.1) is 20.8 Å². The van der Waals surface area contributed by atoms with E-state index in [0.717, 1.165) is 82.2 Å². The van der Waals surface area contributed by atoms with E-state index in [-0.39, 0.29) is 65.2 Å². The van der Waals surface area contributed by atoms with Gasteiger partial charge in [-0.05, 0) is 88.1 Å². The van der Waals surface area contributed by atoms with Crippen LogP contribution in [0.5, 0.6) is 6.01 Å². The van der Waals surface area contributed by atoms with Crippen molar-refractivity contribution in [2.75, 3.05) is 56.5 Å². The summed E-state index contributed by atoms with van der Waals surface area (Å²) in [4.78, 5) is 29.6. The topological polar surface area (TPSA) is 112 Å². The maximum Gasteiger partial charge on any atom is 0.319 e. The Hall–Kier alpha value is -3.79. The van der Waals surface area contributed by atoms with Gasteiger partial charge in [0.2, 0.25) is 5.91 Å². The van der Waals surface area contributed by atoms with E-state index in [9.17, 15) is 10.1 Å². The van der Waals surface area contributed by atoms with E-state index < -0.39 is 11.6 Å². The first-order valence-electron chi connectivity index (χ1n) is 18.7. The molecule has 1 spiro atoms. The van der Waals surface area contributed by atoms with Crippen molar-refractivity contribution in [1.29, 1.82) is 5.26 Å². The minimum atomic E-state index is -0.694. The molecule has 2 aromatic heterocycles. The molecule has 0 unspecified atom stereocenters. The number of hydrogen-bond acceptors (Lipinski definition) is 9. The number of halogens is 3. The van der Waals surface area contributed by atoms with Gasteiger partial charge in [-0.1, -0.05) is 30.5 Å². The zero-order valence-corrected chi connectivity index (χ0v) is 30.7. The number of nitrogens with zero attached hydrogens (tertiary/aromatic N) is 6. The standard InChI is InChI=1S/C39H42ClF2N7O2S/c40-27-17-25-33(32(42)31(27)24-8-9-28(41)34-30(24)26(18-43)35(44)52-34)45-37(51-22-39-11-4-14-49(39)15-5-12-39)46-36(25)47-13-2-1-10-38(19-47)20-48(21-38)29(50)16-23-6-3-7-23/h8-9,17,23H,1-7,10-16,19-22,44H2. The average Bonchev–Trinajstić information content (AvgIpc) is 3.72. The van der Waals surface area contributed by atoms with Crippen molar-refractivity contribution >= 4 is 60.7 Å². The zero-order valence-electron chi connectivity index (χ0n) is 29.2. The van der Waals surface area contributed by atoms with E-state index in [1.807, 2.05) is 4.90 Å². The zero-order chi connectivity index (χ0) is 35.8. The van der Waals surface area contributed by atoms with Gasteiger partial charge in [-0.2, -0.15) is 15.2 Å². The number of benzene rings is 2. The van der Waals surface area contributed by atoms with Gasteiger partial charge < -0.3 is 20.3 Å². The van der Waals surface area contributed by atoms with Crippen LogP contribution in [0.25, 0.3) is 32.1 Å². The summed E-state index contributed by atoms with van der Waals surface area (Å²) in [7, 11) is 0. The Labute approximate surface area is 310 Å². The van der Waals surface area contributed by atoms with Gasteiger partial charge in [0.1, 0.15) is 34.8 Å². The number of aromatic nitrogens is 2. The number of hydrogen-bond donors (Lipinski definition) is 1. The molecule has 2 aromatic carbocycles. The fourth-order valence-corrected chi connectivity index (χ4v) is 10.9. The van der Waals surface area contributed by atoms with Gasteiger partial charge in [0.15, 0.2) is 5.82 Å². The van der Waals surface area contributed by atoms with E-state index in [1.54, 1.807) is 6.07 Å². The fraction of sp³-hybridized carbons (Fsp3) is 0.538. The van der Waals surface area contributed by atoms with E-state index in [2.05, 4.69) is 15.9 Å². The van der Waals surface area contributed by atoms with Crippen LogP contribution in [0, 0.1) is 34.3 Å². The first-order valence-corrected chi connectivity index (χ1v) is 19.9. The lowest BCUT2D eigenvalue weighted by Gasteiger charge is -2.52. The number of nitrogens with two attached hydrogens (primary N) is 1. The Bertz CT molecular complexity index is 2130. The highest BCUT2D eigenvalue weighted by atomic mass is 35.5. The smallest absolute Gasteiger partial charge is 0.319 e. The molecule has 13 heteroatoms. The quantitative estimate of drug-likeness (QED) is 0.203. The van der Waals surface area contributed by atoms with Crippen LogP contribution in [0.1, 0.15) is 76.2 Å². The van der Waals surface area contributed by atoms with E-state index in [0.29, 0.717) is 56.3 Å². The summed E-state index contributed by atoms with van der Waals surface area (Å²) in [5.74, 6) is 0.0995. The van der Waals surface area contributed by atoms with Crippen LogP contribution < -0.4 is 15.4 Å². The van der Waals surface area contributed by atoms with E-state index >= 15 is 8.78 Å². The molecule has 1 amide bonds. The number of amides is 1. The lowest BCUT2D eigenvalue weighted by Crippen LogP contribution is -2.62. The second-order valence-corrected chi connectivity index (χ2v) is 17.3. The highest BCUT2D eigenvalue weighted by Crippen LogP contribution is 2.47. The first-order chi connectivity index (χ1) is 25.2. The van der Waals surface area contributed by atoms with Gasteiger partial charge in [0, 0.05) is 54.4 Å². The summed E-state index contributed by atoms with van der Waals surface area (Å²) in [5, 5.41) is 10.9. The van der Waals surface area contributed by atoms with E-state index in [4.69, 9.17) is 32.0 Å². The Balaban J connectivity index is 1.13. The molecular weight excluding hydrogens is 704 g/mol. The molecule has 9 nitrogen and oxygen atoms in total. The maximum absolute atomic E-state index is 17.3. The van der Waals surface area contributed by atoms with Gasteiger partial charge in [-0.25, -0.2) is 8.78 Å². The first kappa shape index (κ1) is 34.0. The third kappa shape index (κ3) is 5.57. The molecule has 272 valence electrons. The molecule has 1 aliphatic carbocycles. The van der Waals surface area contributed by atoms with Crippen molar-refractivity contribution in [2.45, 2.75) is 76.2 Å². The van der Waals surface area contributed by atoms with Crippen LogP contribution >= 0.6 is 22.9 Å². The van der Waals surface area contributed by atoms with Gasteiger partial charge in [0.25, 0.3) is 0 Å². The highest BCUT2D eigenvalue weighted by molar-refractivity contribution is 7.23. The number of thiophene rings is 1. The predicted octanol–water partition coefficient (Wildman–Crippen LogP) is 7.91. The summed E-state index contributed by atoms with van der Waals surface area (Å²) >= 11 is 7.94. The second kappa shape index (κ2) is 13.0. The van der Waals surface area contributed by atoms with E-state index in [1.165, 1.54) is 18.6 Å². The summed E-state index contributed by atoms with van der Waals surface area (Å²) in [6.45, 7) is 5.31. The third-order valence-electron chi connectivity index (χ3n) is 12.6. The lowest BCUT2D eigenvalue weighted by molar-refractivity contribution is -0.145. The second-order valence-electron chi connectivity index (χ2n) is 15.9. The van der Waals surface area contributed by atoms with Gasteiger partial charge >= 0.3 is 6.01 Å². The number of fused-ring (bicyclic) bond motifs is 3. The molecule has 9 rings (SSSR count). The fourth-order valence-electron chi connectivity index (χ4n) is 9.70. The number of rotatable bonds is 7. The number of ether oxygens (including phenoxy) is 1. The molecule has 2 N–H and O–H groups in total. The van der Waals surface area contributed by atoms with Crippen molar-refractivity contribution in [3.8, 4) is 23.2 Å². The number of anilines is 2. The van der Waals surface area contributed by atoms with Crippen LogP contribution in [-0.2, 0) is 4.79 Å². The molecule has 0 bridgehead atoms. The molecule has 4 aliphatic heterocycles. The molecule has 52 heavy (non-hydrogen) atoms. The van der Waals surface area contributed by atoms with Crippen LogP contribution in [-0.4, -0.2) is 77.1 Å². The molecule has 0 atom stereocenters. The number of carbonyl (C=O) groups excluding carboxylic acids is 1. The summed E-state index contributed by atoms with van der Waals surface area (Å²) in [5.41, 5.74) is 6.42. The van der Waals surface area contributed by atoms with Crippen molar-refractivity contribution in [2.24, 2.45) is 11.3 Å².